The van der Waals surface area contributed by atoms with Crippen molar-refractivity contribution in [1.82, 2.24) is 5.32 Å². The first-order chi connectivity index (χ1) is 7.90. The normalized spacial score (nSPS) is 32.1. The van der Waals surface area contributed by atoms with Crippen LogP contribution in [0.4, 0.5) is 0 Å². The van der Waals surface area contributed by atoms with E-state index in [4.69, 9.17) is 0 Å². The van der Waals surface area contributed by atoms with Crippen molar-refractivity contribution in [2.45, 2.75) is 69.1 Å². The monoisotopic (exact) mass is 241 g/mol. The van der Waals surface area contributed by atoms with Gasteiger partial charge in [-0.25, -0.2) is 0 Å². The first-order valence-electron chi connectivity index (χ1n) is 7.16. The molecule has 2 aliphatic rings. The average molecular weight is 241 g/mol. The van der Waals surface area contributed by atoms with Crippen molar-refractivity contribution < 1.29 is 0 Å². The molecule has 1 N–H and O–H groups in total. The van der Waals surface area contributed by atoms with E-state index < -0.39 is 0 Å². The van der Waals surface area contributed by atoms with E-state index in [2.05, 4.69) is 23.3 Å². The summed E-state index contributed by atoms with van der Waals surface area (Å²) in [6.07, 6.45) is 15.4. The molecule has 2 rings (SSSR count). The second-order valence-electron chi connectivity index (χ2n) is 5.56. The molecule has 0 bridgehead atoms. The van der Waals surface area contributed by atoms with Crippen molar-refractivity contribution >= 4 is 11.8 Å². The molecule has 2 heteroatoms. The Bertz CT molecular complexity index is 189. The van der Waals surface area contributed by atoms with Gasteiger partial charge in [0.05, 0.1) is 0 Å². The summed E-state index contributed by atoms with van der Waals surface area (Å²) in [4.78, 5) is 0. The Kier molecular flexibility index (Phi) is 5.51. The fourth-order valence-corrected chi connectivity index (χ4v) is 4.35. The minimum atomic E-state index is 0.810. The molecule has 2 fully saturated rings. The SMILES string of the molecule is CSC1CCCCC1NCCC1CCCC1. The highest BCUT2D eigenvalue weighted by Gasteiger charge is 2.24. The van der Waals surface area contributed by atoms with E-state index in [1.165, 1.54) is 64.3 Å². The van der Waals surface area contributed by atoms with Crippen LogP contribution in [0.5, 0.6) is 0 Å². The summed E-state index contributed by atoms with van der Waals surface area (Å²) >= 11 is 2.07. The summed E-state index contributed by atoms with van der Waals surface area (Å²) in [6, 6.07) is 0.810. The zero-order valence-corrected chi connectivity index (χ0v) is 11.5. The summed E-state index contributed by atoms with van der Waals surface area (Å²) in [5.41, 5.74) is 0. The summed E-state index contributed by atoms with van der Waals surface area (Å²) in [5.74, 6) is 1.05. The first-order valence-corrected chi connectivity index (χ1v) is 8.45. The molecule has 0 spiro atoms. The number of thioether (sulfide) groups is 1. The Hall–Kier alpha value is 0.310. The summed E-state index contributed by atoms with van der Waals surface area (Å²) in [6.45, 7) is 1.27. The summed E-state index contributed by atoms with van der Waals surface area (Å²) in [5, 5.41) is 4.72. The Balaban J connectivity index is 1.63. The van der Waals surface area contributed by atoms with E-state index in [9.17, 15) is 0 Å². The first kappa shape index (κ1) is 12.8. The molecule has 16 heavy (non-hydrogen) atoms. The van der Waals surface area contributed by atoms with Crippen LogP contribution in [-0.2, 0) is 0 Å². The Labute approximate surface area is 105 Å². The zero-order valence-electron chi connectivity index (χ0n) is 10.7. The van der Waals surface area contributed by atoms with E-state index >= 15 is 0 Å². The van der Waals surface area contributed by atoms with Gasteiger partial charge in [0.2, 0.25) is 0 Å². The van der Waals surface area contributed by atoms with E-state index in [-0.39, 0.29) is 0 Å². The van der Waals surface area contributed by atoms with Crippen LogP contribution in [0.25, 0.3) is 0 Å². The predicted octanol–water partition coefficient (Wildman–Crippen LogP) is 3.83. The molecule has 0 saturated heterocycles. The molecule has 1 nitrogen and oxygen atoms in total. The van der Waals surface area contributed by atoms with Crippen LogP contribution in [0.2, 0.25) is 0 Å². The lowest BCUT2D eigenvalue weighted by Crippen LogP contribution is -2.41. The van der Waals surface area contributed by atoms with Crippen molar-refractivity contribution in [3.63, 3.8) is 0 Å². The van der Waals surface area contributed by atoms with Gasteiger partial charge < -0.3 is 5.32 Å². The quantitative estimate of drug-likeness (QED) is 0.785. The van der Waals surface area contributed by atoms with Gasteiger partial charge in [-0.15, -0.1) is 0 Å². The molecule has 94 valence electrons. The maximum atomic E-state index is 3.83. The smallest absolute Gasteiger partial charge is 0.0198 e. The van der Waals surface area contributed by atoms with Crippen LogP contribution < -0.4 is 5.32 Å². The highest BCUT2D eigenvalue weighted by Crippen LogP contribution is 2.29. The van der Waals surface area contributed by atoms with Gasteiger partial charge in [0.25, 0.3) is 0 Å². The van der Waals surface area contributed by atoms with Crippen LogP contribution in [0.1, 0.15) is 57.8 Å². The zero-order chi connectivity index (χ0) is 11.2. The van der Waals surface area contributed by atoms with E-state index in [1.807, 2.05) is 0 Å². The second-order valence-corrected chi connectivity index (χ2v) is 6.64. The largest absolute Gasteiger partial charge is 0.313 e. The Morgan fingerprint density at radius 2 is 1.69 bits per heavy atom. The highest BCUT2D eigenvalue weighted by molar-refractivity contribution is 7.99. The fraction of sp³-hybridized carbons (Fsp3) is 1.00. The molecular formula is C14H27NS. The summed E-state index contributed by atoms with van der Waals surface area (Å²) < 4.78 is 0. The van der Waals surface area contributed by atoms with Gasteiger partial charge in [-0.05, 0) is 38.0 Å². The standard InChI is InChI=1S/C14H27NS/c1-16-14-9-5-4-8-13(14)15-11-10-12-6-2-3-7-12/h12-15H,2-11H2,1H3. The molecule has 2 atom stereocenters. The summed E-state index contributed by atoms with van der Waals surface area (Å²) in [7, 11) is 0. The maximum absolute atomic E-state index is 3.83. The van der Waals surface area contributed by atoms with E-state index in [0.717, 1.165) is 17.2 Å². The van der Waals surface area contributed by atoms with E-state index in [1.54, 1.807) is 0 Å². The minimum absolute atomic E-state index is 0.810. The van der Waals surface area contributed by atoms with Gasteiger partial charge in [-0.3, -0.25) is 0 Å². The minimum Gasteiger partial charge on any atom is -0.313 e. The van der Waals surface area contributed by atoms with Gasteiger partial charge >= 0.3 is 0 Å². The van der Waals surface area contributed by atoms with Crippen LogP contribution in [0.3, 0.4) is 0 Å². The molecule has 0 aromatic rings. The number of hydrogen-bond donors (Lipinski definition) is 1. The molecule has 2 saturated carbocycles. The van der Waals surface area contributed by atoms with Crippen LogP contribution in [0.15, 0.2) is 0 Å². The molecule has 0 radical (unpaired) electrons. The number of nitrogens with one attached hydrogen (secondary N) is 1. The Morgan fingerprint density at radius 1 is 1.00 bits per heavy atom. The molecule has 0 aromatic carbocycles. The van der Waals surface area contributed by atoms with Crippen molar-refractivity contribution in [3.05, 3.63) is 0 Å². The van der Waals surface area contributed by atoms with Gasteiger partial charge in [-0.1, -0.05) is 38.5 Å². The molecule has 2 unspecified atom stereocenters. The number of hydrogen-bond acceptors (Lipinski definition) is 2. The van der Waals surface area contributed by atoms with Crippen molar-refractivity contribution in [3.8, 4) is 0 Å². The van der Waals surface area contributed by atoms with E-state index in [0.29, 0.717) is 0 Å². The molecule has 2 aliphatic carbocycles. The highest BCUT2D eigenvalue weighted by atomic mass is 32.2. The third kappa shape index (κ3) is 3.66. The Morgan fingerprint density at radius 3 is 2.44 bits per heavy atom. The van der Waals surface area contributed by atoms with Gasteiger partial charge in [0.1, 0.15) is 0 Å². The van der Waals surface area contributed by atoms with Gasteiger partial charge in [-0.2, -0.15) is 11.8 Å². The average Bonchev–Trinajstić information content (AvgIpc) is 2.83. The van der Waals surface area contributed by atoms with Crippen molar-refractivity contribution in [2.75, 3.05) is 12.8 Å². The third-order valence-corrected chi connectivity index (χ3v) is 5.61. The van der Waals surface area contributed by atoms with Gasteiger partial charge in [0, 0.05) is 11.3 Å². The van der Waals surface area contributed by atoms with Gasteiger partial charge in [0.15, 0.2) is 0 Å². The topological polar surface area (TPSA) is 12.0 Å². The second kappa shape index (κ2) is 6.90. The third-order valence-electron chi connectivity index (χ3n) is 4.44. The fourth-order valence-electron chi connectivity index (χ4n) is 3.38. The molecular weight excluding hydrogens is 214 g/mol. The predicted molar refractivity (Wildman–Crippen MR) is 74.1 cm³/mol. The molecule has 0 amide bonds. The van der Waals surface area contributed by atoms with Crippen molar-refractivity contribution in [2.24, 2.45) is 5.92 Å². The van der Waals surface area contributed by atoms with Crippen LogP contribution in [0, 0.1) is 5.92 Å². The lowest BCUT2D eigenvalue weighted by atomic mass is 9.94. The number of rotatable bonds is 5. The van der Waals surface area contributed by atoms with Crippen LogP contribution >= 0.6 is 11.8 Å². The lowest BCUT2D eigenvalue weighted by Gasteiger charge is -2.31. The molecule has 0 aliphatic heterocycles. The van der Waals surface area contributed by atoms with Crippen molar-refractivity contribution in [1.29, 1.82) is 0 Å². The van der Waals surface area contributed by atoms with Crippen LogP contribution in [-0.4, -0.2) is 24.1 Å². The maximum Gasteiger partial charge on any atom is 0.0198 e. The molecule has 0 heterocycles. The molecule has 0 aromatic heterocycles. The lowest BCUT2D eigenvalue weighted by molar-refractivity contribution is 0.366.